The lowest BCUT2D eigenvalue weighted by Gasteiger charge is -2.23. The monoisotopic (exact) mass is 441 g/mol. The molecular weight excluding hydrogens is 418 g/mol. The summed E-state index contributed by atoms with van der Waals surface area (Å²) in [7, 11) is 0. The Balaban J connectivity index is 1.41. The van der Waals surface area contributed by atoms with Gasteiger partial charge in [0.1, 0.15) is 19.3 Å². The van der Waals surface area contributed by atoms with Gasteiger partial charge in [-0.15, -0.1) is 0 Å². The van der Waals surface area contributed by atoms with Gasteiger partial charge in [0.05, 0.1) is 5.69 Å². The summed E-state index contributed by atoms with van der Waals surface area (Å²) in [6.45, 7) is 0.868. The number of rotatable bonds is 6. The quantitative estimate of drug-likeness (QED) is 0.423. The lowest BCUT2D eigenvalue weighted by Crippen LogP contribution is -2.45. The first-order valence-corrected chi connectivity index (χ1v) is 10.8. The Morgan fingerprint density at radius 2 is 1.73 bits per heavy atom. The van der Waals surface area contributed by atoms with Crippen molar-refractivity contribution >= 4 is 28.4 Å². The molecule has 0 saturated heterocycles. The second-order valence-electron chi connectivity index (χ2n) is 7.78. The average Bonchev–Trinajstić information content (AvgIpc) is 3.33. The number of H-pyrrole nitrogens is 1. The Morgan fingerprint density at radius 3 is 2.61 bits per heavy atom. The van der Waals surface area contributed by atoms with E-state index in [1.54, 1.807) is 30.5 Å². The largest absolute Gasteiger partial charge is 0.486 e. The van der Waals surface area contributed by atoms with E-state index in [4.69, 9.17) is 9.47 Å². The molecule has 1 unspecified atom stereocenters. The van der Waals surface area contributed by atoms with E-state index in [9.17, 15) is 9.59 Å². The fraction of sp³-hybridized carbons (Fsp3) is 0.154. The van der Waals surface area contributed by atoms with Crippen LogP contribution in [0.15, 0.2) is 79.0 Å². The van der Waals surface area contributed by atoms with Crippen LogP contribution in [-0.2, 0) is 11.2 Å². The van der Waals surface area contributed by atoms with Gasteiger partial charge in [-0.2, -0.15) is 0 Å². The summed E-state index contributed by atoms with van der Waals surface area (Å²) in [5.74, 6) is 0.433. The van der Waals surface area contributed by atoms with Crippen molar-refractivity contribution in [2.45, 2.75) is 12.5 Å². The van der Waals surface area contributed by atoms with Crippen molar-refractivity contribution in [3.8, 4) is 11.5 Å². The van der Waals surface area contributed by atoms with Crippen molar-refractivity contribution in [1.82, 2.24) is 10.3 Å². The topological polar surface area (TPSA) is 92.5 Å². The van der Waals surface area contributed by atoms with E-state index in [1.165, 1.54) is 0 Å². The highest BCUT2D eigenvalue weighted by Crippen LogP contribution is 2.37. The molecule has 0 saturated carbocycles. The third-order valence-corrected chi connectivity index (χ3v) is 5.57. The summed E-state index contributed by atoms with van der Waals surface area (Å²) < 4.78 is 11.3. The molecule has 0 aliphatic carbocycles. The maximum absolute atomic E-state index is 13.4. The van der Waals surface area contributed by atoms with Crippen LogP contribution in [0.1, 0.15) is 15.9 Å². The predicted molar refractivity (Wildman–Crippen MR) is 126 cm³/mol. The number of fused-ring (bicyclic) bond motifs is 2. The molecule has 1 atom stereocenters. The van der Waals surface area contributed by atoms with E-state index in [0.717, 1.165) is 16.5 Å². The van der Waals surface area contributed by atoms with Crippen LogP contribution in [0.5, 0.6) is 11.5 Å². The molecule has 2 heterocycles. The maximum Gasteiger partial charge on any atom is 0.252 e. The molecule has 33 heavy (non-hydrogen) atoms. The minimum Gasteiger partial charge on any atom is -0.486 e. The summed E-state index contributed by atoms with van der Waals surface area (Å²) in [4.78, 5) is 29.7. The smallest absolute Gasteiger partial charge is 0.252 e. The molecule has 166 valence electrons. The molecule has 7 nitrogen and oxygen atoms in total. The van der Waals surface area contributed by atoms with Crippen LogP contribution >= 0.6 is 0 Å². The molecule has 3 N–H and O–H groups in total. The SMILES string of the molecule is O=C(NC(Cc1ccccc1)C(=O)Nc1cccc2c1OCCO2)c1cccc2[nH]ccc12. The Morgan fingerprint density at radius 1 is 0.909 bits per heavy atom. The van der Waals surface area contributed by atoms with E-state index >= 15 is 0 Å². The summed E-state index contributed by atoms with van der Waals surface area (Å²) in [6, 6.07) is 21.5. The molecule has 0 spiro atoms. The molecule has 4 aromatic rings. The molecule has 3 aromatic carbocycles. The Labute approximate surface area is 190 Å². The van der Waals surface area contributed by atoms with Gasteiger partial charge >= 0.3 is 0 Å². The Bertz CT molecular complexity index is 1300. The Kier molecular flexibility index (Phi) is 5.68. The number of hydrogen-bond donors (Lipinski definition) is 3. The van der Waals surface area contributed by atoms with E-state index in [-0.39, 0.29) is 11.8 Å². The fourth-order valence-corrected chi connectivity index (χ4v) is 3.97. The van der Waals surface area contributed by atoms with Crippen LogP contribution in [0.25, 0.3) is 10.9 Å². The van der Waals surface area contributed by atoms with Crippen LogP contribution < -0.4 is 20.1 Å². The van der Waals surface area contributed by atoms with Crippen molar-refractivity contribution < 1.29 is 19.1 Å². The van der Waals surface area contributed by atoms with Gasteiger partial charge in [-0.3, -0.25) is 9.59 Å². The number of carbonyl (C=O) groups is 2. The van der Waals surface area contributed by atoms with E-state index in [1.807, 2.05) is 48.5 Å². The fourth-order valence-electron chi connectivity index (χ4n) is 3.97. The van der Waals surface area contributed by atoms with E-state index in [0.29, 0.717) is 42.4 Å². The number of para-hydroxylation sites is 1. The van der Waals surface area contributed by atoms with Crippen LogP contribution in [0.3, 0.4) is 0 Å². The minimum atomic E-state index is -0.797. The van der Waals surface area contributed by atoms with Gasteiger partial charge in [0.25, 0.3) is 5.91 Å². The number of nitrogens with one attached hydrogen (secondary N) is 3. The zero-order chi connectivity index (χ0) is 22.6. The molecule has 0 bridgehead atoms. The first kappa shape index (κ1) is 20.6. The van der Waals surface area contributed by atoms with Crippen molar-refractivity contribution in [1.29, 1.82) is 0 Å². The first-order chi connectivity index (χ1) is 16.2. The molecule has 7 heteroatoms. The van der Waals surface area contributed by atoms with Crippen LogP contribution in [0, 0.1) is 0 Å². The number of hydrogen-bond acceptors (Lipinski definition) is 4. The van der Waals surface area contributed by atoms with Gasteiger partial charge in [-0.05, 0) is 35.9 Å². The highest BCUT2D eigenvalue weighted by Gasteiger charge is 2.25. The number of ether oxygens (including phenoxy) is 2. The molecule has 5 rings (SSSR count). The van der Waals surface area contributed by atoms with Crippen molar-refractivity contribution in [3.05, 3.63) is 90.1 Å². The summed E-state index contributed by atoms with van der Waals surface area (Å²) in [6.07, 6.45) is 2.13. The standard InChI is InChI=1S/C26H23N3O4/c30-25(19-8-4-9-20-18(19)12-13-27-20)29-22(16-17-6-2-1-3-7-17)26(31)28-21-10-5-11-23-24(21)33-15-14-32-23/h1-13,22,27H,14-16H2,(H,28,31)(H,29,30). The average molecular weight is 441 g/mol. The minimum absolute atomic E-state index is 0.314. The lowest BCUT2D eigenvalue weighted by atomic mass is 10.0. The van der Waals surface area contributed by atoms with Gasteiger partial charge in [-0.25, -0.2) is 0 Å². The second-order valence-corrected chi connectivity index (χ2v) is 7.78. The molecule has 0 radical (unpaired) electrons. The van der Waals surface area contributed by atoms with Crippen LogP contribution in [0.4, 0.5) is 5.69 Å². The molecule has 2 amide bonds. The molecule has 1 aliphatic rings. The highest BCUT2D eigenvalue weighted by molar-refractivity contribution is 6.08. The first-order valence-electron chi connectivity index (χ1n) is 10.8. The Hall–Kier alpha value is -4.26. The second kappa shape index (κ2) is 9.08. The number of aromatic amines is 1. The van der Waals surface area contributed by atoms with Gasteiger partial charge < -0.3 is 25.1 Å². The molecule has 0 fully saturated rings. The van der Waals surface area contributed by atoms with Crippen molar-refractivity contribution in [2.24, 2.45) is 0 Å². The zero-order valence-corrected chi connectivity index (χ0v) is 17.8. The zero-order valence-electron chi connectivity index (χ0n) is 17.8. The van der Waals surface area contributed by atoms with Gasteiger partial charge in [0, 0.05) is 29.1 Å². The lowest BCUT2D eigenvalue weighted by molar-refractivity contribution is -0.118. The van der Waals surface area contributed by atoms with Gasteiger partial charge in [-0.1, -0.05) is 42.5 Å². The van der Waals surface area contributed by atoms with E-state index in [2.05, 4.69) is 15.6 Å². The molecule has 1 aromatic heterocycles. The number of amides is 2. The maximum atomic E-state index is 13.4. The van der Waals surface area contributed by atoms with Gasteiger partial charge in [0.15, 0.2) is 11.5 Å². The number of benzene rings is 3. The number of aromatic nitrogens is 1. The van der Waals surface area contributed by atoms with Crippen LogP contribution in [-0.4, -0.2) is 36.1 Å². The summed E-state index contributed by atoms with van der Waals surface area (Å²) in [5, 5.41) is 6.64. The number of carbonyl (C=O) groups excluding carboxylic acids is 2. The van der Waals surface area contributed by atoms with Crippen LogP contribution in [0.2, 0.25) is 0 Å². The van der Waals surface area contributed by atoms with Gasteiger partial charge in [0.2, 0.25) is 5.91 Å². The normalized spacial score (nSPS) is 13.3. The predicted octanol–water partition coefficient (Wildman–Crippen LogP) is 3.92. The third kappa shape index (κ3) is 4.39. The molecular formula is C26H23N3O4. The van der Waals surface area contributed by atoms with Crippen molar-refractivity contribution in [3.63, 3.8) is 0 Å². The highest BCUT2D eigenvalue weighted by atomic mass is 16.6. The summed E-state index contributed by atoms with van der Waals surface area (Å²) >= 11 is 0. The summed E-state index contributed by atoms with van der Waals surface area (Å²) in [5.41, 5.74) is 2.82. The van der Waals surface area contributed by atoms with E-state index < -0.39 is 6.04 Å². The van der Waals surface area contributed by atoms with Crippen molar-refractivity contribution in [2.75, 3.05) is 18.5 Å². The third-order valence-electron chi connectivity index (χ3n) is 5.57. The molecule has 1 aliphatic heterocycles. The number of anilines is 1.